The van der Waals surface area contributed by atoms with Crippen LogP contribution in [0.2, 0.25) is 0 Å². The van der Waals surface area contributed by atoms with Crippen LogP contribution in [0.1, 0.15) is 37.0 Å². The molecule has 0 amide bonds. The minimum Gasteiger partial charge on any atom is -0.468 e. The zero-order chi connectivity index (χ0) is 19.4. The van der Waals surface area contributed by atoms with Gasteiger partial charge >= 0.3 is 5.97 Å². The summed E-state index contributed by atoms with van der Waals surface area (Å²) >= 11 is 0. The van der Waals surface area contributed by atoms with E-state index in [9.17, 15) is 28.3 Å². The number of carbonyl (C=O) groups is 3. The fraction of sp³-hybridized carbons (Fsp3) is 0.526. The molecule has 2 unspecified atom stereocenters. The number of hydrogen-bond acceptors (Lipinski definition) is 5. The molecular weight excluding hydrogens is 346 g/mol. The molecule has 0 saturated heterocycles. The zero-order valence-electron chi connectivity index (χ0n) is 14.7. The van der Waals surface area contributed by atoms with Crippen molar-refractivity contribution in [3.8, 4) is 0 Å². The van der Waals surface area contributed by atoms with E-state index in [0.29, 0.717) is 6.42 Å². The molecule has 4 atom stereocenters. The van der Waals surface area contributed by atoms with Crippen LogP contribution >= 0.6 is 0 Å². The predicted molar refractivity (Wildman–Crippen MR) is 86.1 cm³/mol. The molecule has 1 aromatic carbocycles. The van der Waals surface area contributed by atoms with E-state index >= 15 is 0 Å². The average Bonchev–Trinajstić information content (AvgIpc) is 2.94. The second kappa shape index (κ2) is 5.94. The van der Waals surface area contributed by atoms with Crippen molar-refractivity contribution in [1.29, 1.82) is 0 Å². The van der Waals surface area contributed by atoms with Crippen molar-refractivity contribution in [3.05, 3.63) is 35.4 Å². The molecule has 140 valence electrons. The monoisotopic (exact) mass is 366 g/mol. The lowest BCUT2D eigenvalue weighted by Gasteiger charge is -2.33. The van der Waals surface area contributed by atoms with Gasteiger partial charge in [0.25, 0.3) is 0 Å². The number of fused-ring (bicyclic) bond motifs is 2. The molecule has 2 aliphatic rings. The summed E-state index contributed by atoms with van der Waals surface area (Å²) in [6.45, 7) is 3.45. The maximum atomic E-state index is 13.9. The Morgan fingerprint density at radius 1 is 1.27 bits per heavy atom. The first-order chi connectivity index (χ1) is 12.1. The van der Waals surface area contributed by atoms with Crippen molar-refractivity contribution in [2.45, 2.75) is 32.8 Å². The van der Waals surface area contributed by atoms with Crippen LogP contribution in [0.15, 0.2) is 18.2 Å². The highest BCUT2D eigenvalue weighted by Crippen LogP contribution is 2.67. The molecular formula is C19H20F2O5. The van der Waals surface area contributed by atoms with Crippen molar-refractivity contribution in [3.63, 3.8) is 0 Å². The molecule has 2 aliphatic carbocycles. The first-order valence-electron chi connectivity index (χ1n) is 8.40. The van der Waals surface area contributed by atoms with Crippen molar-refractivity contribution in [2.75, 3.05) is 7.11 Å². The Kier molecular flexibility index (Phi) is 4.26. The molecule has 0 heterocycles. The molecule has 2 saturated carbocycles. The number of rotatable bonds is 4. The summed E-state index contributed by atoms with van der Waals surface area (Å²) < 4.78 is 32.7. The number of methoxy groups -OCH3 is 1. The first-order valence-corrected chi connectivity index (χ1v) is 8.40. The van der Waals surface area contributed by atoms with Gasteiger partial charge in [-0.2, -0.15) is 0 Å². The van der Waals surface area contributed by atoms with Crippen LogP contribution in [0.4, 0.5) is 8.78 Å². The number of ether oxygens (including phenoxy) is 1. The molecule has 5 nitrogen and oxygen atoms in total. The second-order valence-corrected chi connectivity index (χ2v) is 7.56. The van der Waals surface area contributed by atoms with Crippen molar-refractivity contribution >= 4 is 17.5 Å². The zero-order valence-corrected chi connectivity index (χ0v) is 14.7. The van der Waals surface area contributed by atoms with Gasteiger partial charge in [-0.1, -0.05) is 19.9 Å². The molecule has 0 aliphatic heterocycles. The van der Waals surface area contributed by atoms with Gasteiger partial charge in [-0.15, -0.1) is 0 Å². The van der Waals surface area contributed by atoms with Crippen LogP contribution in [0.25, 0.3) is 0 Å². The number of esters is 1. The summed E-state index contributed by atoms with van der Waals surface area (Å²) in [5.41, 5.74) is -3.16. The lowest BCUT2D eigenvalue weighted by Crippen LogP contribution is -2.47. The van der Waals surface area contributed by atoms with E-state index in [-0.39, 0.29) is 6.42 Å². The first kappa shape index (κ1) is 18.6. The highest BCUT2D eigenvalue weighted by molar-refractivity contribution is 6.12. The number of halogens is 2. The maximum absolute atomic E-state index is 13.9. The van der Waals surface area contributed by atoms with E-state index in [2.05, 4.69) is 0 Å². The van der Waals surface area contributed by atoms with Crippen LogP contribution in [0.5, 0.6) is 0 Å². The number of ketones is 2. The highest BCUT2D eigenvalue weighted by atomic mass is 19.1. The molecule has 0 aromatic heterocycles. The van der Waals surface area contributed by atoms with Crippen LogP contribution in [0, 0.1) is 34.3 Å². The van der Waals surface area contributed by atoms with Gasteiger partial charge in [0, 0.05) is 0 Å². The molecule has 3 rings (SSSR count). The molecule has 1 N–H and O–H groups in total. The third-order valence-electron chi connectivity index (χ3n) is 6.37. The van der Waals surface area contributed by atoms with Gasteiger partial charge in [0.1, 0.15) is 23.2 Å². The predicted octanol–water partition coefficient (Wildman–Crippen LogP) is 2.30. The number of carbonyl (C=O) groups excluding carboxylic acids is 3. The molecule has 7 heteroatoms. The molecule has 26 heavy (non-hydrogen) atoms. The Morgan fingerprint density at radius 2 is 1.85 bits per heavy atom. The Labute approximate surface area is 149 Å². The molecule has 0 radical (unpaired) electrons. The fourth-order valence-corrected chi connectivity index (χ4v) is 4.96. The van der Waals surface area contributed by atoms with E-state index < -0.39 is 63.5 Å². The third kappa shape index (κ3) is 2.13. The quantitative estimate of drug-likeness (QED) is 0.502. The van der Waals surface area contributed by atoms with Crippen LogP contribution in [0.3, 0.4) is 0 Å². The van der Waals surface area contributed by atoms with E-state index in [0.717, 1.165) is 18.2 Å². The summed E-state index contributed by atoms with van der Waals surface area (Å²) in [5, 5.41) is 10.6. The Balaban J connectivity index is 2.02. The van der Waals surface area contributed by atoms with Gasteiger partial charge in [-0.25, -0.2) is 8.78 Å². The normalized spacial score (nSPS) is 30.3. The highest BCUT2D eigenvalue weighted by Gasteiger charge is 2.74. The maximum Gasteiger partial charge on any atom is 0.319 e. The van der Waals surface area contributed by atoms with E-state index in [1.54, 1.807) is 13.8 Å². The topological polar surface area (TPSA) is 80.7 Å². The van der Waals surface area contributed by atoms with Gasteiger partial charge in [-0.3, -0.25) is 14.4 Å². The number of Topliss-reactive ketones (excluding diaryl/α,β-unsaturated/α-hetero) is 2. The SMILES string of the molecule is COC(=O)[C@@]12CC[C@@H](C(C(O)C(=O)c3c(F)cccc3F)C1=O)C2(C)C. The van der Waals surface area contributed by atoms with Crippen molar-refractivity contribution in [2.24, 2.45) is 22.7 Å². The number of hydrogen-bond donors (Lipinski definition) is 1. The Bertz CT molecular complexity index is 783. The molecule has 2 bridgehead atoms. The molecule has 0 spiro atoms. The Hall–Kier alpha value is -2.15. The lowest BCUT2D eigenvalue weighted by molar-refractivity contribution is -0.162. The second-order valence-electron chi connectivity index (χ2n) is 7.56. The molecule has 2 fully saturated rings. The summed E-state index contributed by atoms with van der Waals surface area (Å²) in [4.78, 5) is 38.0. The van der Waals surface area contributed by atoms with E-state index in [1.165, 1.54) is 7.11 Å². The molecule has 1 aromatic rings. The summed E-state index contributed by atoms with van der Waals surface area (Å²) in [5.74, 6) is -6.37. The summed E-state index contributed by atoms with van der Waals surface area (Å²) in [6, 6.07) is 2.92. The van der Waals surface area contributed by atoms with E-state index in [4.69, 9.17) is 4.74 Å². The minimum atomic E-state index is -1.93. The van der Waals surface area contributed by atoms with Crippen LogP contribution in [-0.4, -0.2) is 35.9 Å². The number of aliphatic hydroxyl groups excluding tert-OH is 1. The van der Waals surface area contributed by atoms with Crippen LogP contribution < -0.4 is 0 Å². The van der Waals surface area contributed by atoms with Gasteiger partial charge in [0.2, 0.25) is 0 Å². The minimum absolute atomic E-state index is 0.266. The Morgan fingerprint density at radius 3 is 2.38 bits per heavy atom. The van der Waals surface area contributed by atoms with Gasteiger partial charge in [-0.05, 0) is 36.3 Å². The van der Waals surface area contributed by atoms with Gasteiger partial charge in [0.05, 0.1) is 18.6 Å². The largest absolute Gasteiger partial charge is 0.468 e. The smallest absolute Gasteiger partial charge is 0.319 e. The van der Waals surface area contributed by atoms with Crippen molar-refractivity contribution in [1.82, 2.24) is 0 Å². The number of benzene rings is 1. The third-order valence-corrected chi connectivity index (χ3v) is 6.37. The van der Waals surface area contributed by atoms with Gasteiger partial charge in [0.15, 0.2) is 11.6 Å². The summed E-state index contributed by atoms with van der Waals surface area (Å²) in [7, 11) is 1.18. The average molecular weight is 366 g/mol. The lowest BCUT2D eigenvalue weighted by atomic mass is 9.69. The summed E-state index contributed by atoms with van der Waals surface area (Å²) in [6.07, 6.45) is -1.23. The van der Waals surface area contributed by atoms with Crippen LogP contribution in [-0.2, 0) is 14.3 Å². The fourth-order valence-electron chi connectivity index (χ4n) is 4.96. The standard InChI is InChI=1S/C19H20F2O5/c1-18(2)9-7-8-19(18,17(25)26-3)16(24)12(9)14(22)15(23)13-10(20)5-4-6-11(13)21/h4-6,9,12,14,22H,7-8H2,1-3H3/t9-,12?,14?,19+/m0/s1. The van der Waals surface area contributed by atoms with Gasteiger partial charge < -0.3 is 9.84 Å². The van der Waals surface area contributed by atoms with Crippen molar-refractivity contribution < 1.29 is 33.0 Å². The number of aliphatic hydroxyl groups is 1. The van der Waals surface area contributed by atoms with E-state index in [1.807, 2.05) is 0 Å².